The molecule has 0 bridgehead atoms. The highest BCUT2D eigenvalue weighted by Crippen LogP contribution is 2.16. The van der Waals surface area contributed by atoms with E-state index >= 15 is 0 Å². The first-order chi connectivity index (χ1) is 3.21. The second kappa shape index (κ2) is 1.65. The molecule has 0 aromatic heterocycles. The fraction of sp³-hybridized carbons (Fsp3) is 1.00. The zero-order valence-electron chi connectivity index (χ0n) is 4.42. The first-order valence-corrected chi connectivity index (χ1v) is 3.51. The van der Waals surface area contributed by atoms with Gasteiger partial charge in [0, 0.05) is 0 Å². The number of nitrogens with zero attached hydrogens (tertiary/aromatic N) is 1. The van der Waals surface area contributed by atoms with Crippen molar-refractivity contribution in [2.45, 2.75) is 0 Å². The Hall–Kier alpha value is 0.270. The van der Waals surface area contributed by atoms with E-state index in [9.17, 15) is 0 Å². The fourth-order valence-electron chi connectivity index (χ4n) is 0.587. The van der Waals surface area contributed by atoms with Crippen LogP contribution < -0.4 is 0 Å². The van der Waals surface area contributed by atoms with Gasteiger partial charge in [-0.1, -0.05) is 11.8 Å². The molecule has 0 spiro atoms. The zero-order valence-corrected chi connectivity index (χ0v) is 5.24. The third kappa shape index (κ3) is 1.33. The molecule has 1 aliphatic rings. The Bertz CT molecular complexity index is 66.1. The molecule has 1 aliphatic heterocycles. The van der Waals surface area contributed by atoms with Crippen LogP contribution in [0.15, 0.2) is 0 Å². The zero-order chi connectivity index (χ0) is 5.33. The van der Waals surface area contributed by atoms with E-state index in [1.165, 1.54) is 0 Å². The van der Waals surface area contributed by atoms with Crippen molar-refractivity contribution in [2.24, 2.45) is 0 Å². The lowest BCUT2D eigenvalue weighted by atomic mass is 10.7. The number of thioether (sulfide) groups is 1. The third-order valence-electron chi connectivity index (χ3n) is 1.09. The Morgan fingerprint density at radius 1 is 1.71 bits per heavy atom. The van der Waals surface area contributed by atoms with Gasteiger partial charge in [0.2, 0.25) is 0 Å². The summed E-state index contributed by atoms with van der Waals surface area (Å²) in [4.78, 5) is 0. The van der Waals surface area contributed by atoms with Gasteiger partial charge in [0.05, 0.1) is 12.8 Å². The van der Waals surface area contributed by atoms with Gasteiger partial charge in [0.15, 0.2) is 5.88 Å². The van der Waals surface area contributed by atoms with Crippen LogP contribution in [0.2, 0.25) is 0 Å². The molecule has 1 fully saturated rings. The minimum atomic E-state index is 0.213. The molecule has 1 unspecified atom stereocenters. The molecule has 3 heteroatoms. The Kier molecular flexibility index (Phi) is 1.28. The van der Waals surface area contributed by atoms with Crippen LogP contribution in [0.25, 0.3) is 0 Å². The number of hydroxylamine groups is 3. The molecule has 42 valence electrons. The maximum absolute atomic E-state index is 9.11. The lowest BCUT2D eigenvalue weighted by Crippen LogP contribution is -2.36. The topological polar surface area (TPSA) is 20.2 Å². The van der Waals surface area contributed by atoms with Gasteiger partial charge >= 0.3 is 0 Å². The molecule has 1 N–H and O–H groups in total. The van der Waals surface area contributed by atoms with Gasteiger partial charge in [-0.15, -0.1) is 0 Å². The predicted octanol–water partition coefficient (Wildman–Crippen LogP) is 0.526. The molecule has 1 heterocycles. The quantitative estimate of drug-likeness (QED) is 0.470. The van der Waals surface area contributed by atoms with E-state index in [2.05, 4.69) is 0 Å². The highest BCUT2D eigenvalue weighted by molar-refractivity contribution is 7.99. The molecule has 0 aromatic carbocycles. The van der Waals surface area contributed by atoms with Gasteiger partial charge in [0.1, 0.15) is 6.54 Å². The van der Waals surface area contributed by atoms with Crippen molar-refractivity contribution >= 4 is 11.8 Å². The predicted molar refractivity (Wildman–Crippen MR) is 30.2 cm³/mol. The van der Waals surface area contributed by atoms with Gasteiger partial charge in [-0.2, -0.15) is 4.65 Å². The summed E-state index contributed by atoms with van der Waals surface area (Å²) in [6.45, 7) is 0.907. The Morgan fingerprint density at radius 3 is 2.57 bits per heavy atom. The summed E-state index contributed by atoms with van der Waals surface area (Å²) in [6.07, 6.45) is 0. The lowest BCUT2D eigenvalue weighted by molar-refractivity contribution is -1.07. The van der Waals surface area contributed by atoms with E-state index in [1.54, 1.807) is 11.8 Å². The number of hydrogen-bond acceptors (Lipinski definition) is 2. The molecular formula is C4H10NOS+. The first-order valence-electron chi connectivity index (χ1n) is 2.36. The Morgan fingerprint density at radius 2 is 2.43 bits per heavy atom. The highest BCUT2D eigenvalue weighted by atomic mass is 32.2. The number of hydrogen-bond donors (Lipinski definition) is 1. The first kappa shape index (κ1) is 5.41. The van der Waals surface area contributed by atoms with Gasteiger partial charge < -0.3 is 0 Å². The van der Waals surface area contributed by atoms with Crippen molar-refractivity contribution in [1.29, 1.82) is 0 Å². The van der Waals surface area contributed by atoms with Crippen LogP contribution in [0, 0.1) is 0 Å². The summed E-state index contributed by atoms with van der Waals surface area (Å²) in [5.74, 6) is 1.97. The average Bonchev–Trinajstić information content (AvgIpc) is 1.84. The minimum Gasteiger partial charge on any atom is -0.217 e. The molecule has 1 saturated heterocycles. The highest BCUT2D eigenvalue weighted by Gasteiger charge is 2.24. The summed E-state index contributed by atoms with van der Waals surface area (Å²) in [5, 5.41) is 9.11. The molecule has 1 rings (SSSR count). The maximum atomic E-state index is 9.11. The maximum Gasteiger partial charge on any atom is 0.155 e. The van der Waals surface area contributed by atoms with Crippen LogP contribution in [0.5, 0.6) is 0 Å². The van der Waals surface area contributed by atoms with E-state index < -0.39 is 0 Å². The largest absolute Gasteiger partial charge is 0.217 e. The van der Waals surface area contributed by atoms with Crippen molar-refractivity contribution in [2.75, 3.05) is 25.2 Å². The molecule has 2 nitrogen and oxygen atoms in total. The lowest BCUT2D eigenvalue weighted by Gasteiger charge is -2.15. The molecule has 0 aliphatic carbocycles. The summed E-state index contributed by atoms with van der Waals surface area (Å²) < 4.78 is 0.213. The Balaban J connectivity index is 2.40. The molecule has 7 heavy (non-hydrogen) atoms. The summed E-state index contributed by atoms with van der Waals surface area (Å²) >= 11 is 1.80. The summed E-state index contributed by atoms with van der Waals surface area (Å²) in [5.41, 5.74) is 0. The normalized spacial score (nSPS) is 42.0. The number of rotatable bonds is 0. The van der Waals surface area contributed by atoms with E-state index in [-0.39, 0.29) is 4.65 Å². The second-order valence-corrected chi connectivity index (χ2v) is 3.17. The van der Waals surface area contributed by atoms with Crippen molar-refractivity contribution < 1.29 is 9.85 Å². The molecular weight excluding hydrogens is 110 g/mol. The molecule has 0 aromatic rings. The molecule has 0 saturated carbocycles. The van der Waals surface area contributed by atoms with E-state index in [0.29, 0.717) is 0 Å². The summed E-state index contributed by atoms with van der Waals surface area (Å²) in [7, 11) is 1.83. The van der Waals surface area contributed by atoms with Crippen LogP contribution in [-0.4, -0.2) is 35.1 Å². The smallest absolute Gasteiger partial charge is 0.155 e. The van der Waals surface area contributed by atoms with Crippen molar-refractivity contribution in [3.8, 4) is 0 Å². The van der Waals surface area contributed by atoms with Crippen LogP contribution in [0.1, 0.15) is 0 Å². The molecule has 0 amide bonds. The van der Waals surface area contributed by atoms with Gasteiger partial charge in [-0.05, 0) is 0 Å². The summed E-state index contributed by atoms with van der Waals surface area (Å²) in [6, 6.07) is 0. The van der Waals surface area contributed by atoms with Crippen LogP contribution in [0.3, 0.4) is 0 Å². The minimum absolute atomic E-state index is 0.213. The molecule has 0 radical (unpaired) electrons. The Labute approximate surface area is 47.7 Å². The van der Waals surface area contributed by atoms with Gasteiger partial charge in [-0.3, -0.25) is 0 Å². The third-order valence-corrected chi connectivity index (χ3v) is 2.30. The van der Waals surface area contributed by atoms with Crippen LogP contribution in [-0.2, 0) is 0 Å². The monoisotopic (exact) mass is 120 g/mol. The SMILES string of the molecule is C[N+]1(O)CCSC1. The van der Waals surface area contributed by atoms with E-state index in [0.717, 1.165) is 18.2 Å². The van der Waals surface area contributed by atoms with Gasteiger partial charge in [0.25, 0.3) is 0 Å². The van der Waals surface area contributed by atoms with Crippen LogP contribution >= 0.6 is 11.8 Å². The van der Waals surface area contributed by atoms with Crippen molar-refractivity contribution in [3.63, 3.8) is 0 Å². The van der Waals surface area contributed by atoms with Crippen molar-refractivity contribution in [1.82, 2.24) is 0 Å². The molecule has 1 atom stereocenters. The average molecular weight is 120 g/mol. The van der Waals surface area contributed by atoms with Crippen molar-refractivity contribution in [3.05, 3.63) is 0 Å². The van der Waals surface area contributed by atoms with Crippen LogP contribution in [0.4, 0.5) is 0 Å². The number of quaternary nitrogens is 1. The fourth-order valence-corrected chi connectivity index (χ4v) is 1.76. The van der Waals surface area contributed by atoms with E-state index in [1.807, 2.05) is 7.05 Å². The second-order valence-electron chi connectivity index (χ2n) is 2.10. The van der Waals surface area contributed by atoms with Gasteiger partial charge in [-0.25, -0.2) is 5.21 Å². The van der Waals surface area contributed by atoms with E-state index in [4.69, 9.17) is 5.21 Å². The standard InChI is InChI=1S/C4H10NOS/c1-5(6)2-3-7-4-5/h6H,2-4H2,1H3/q+1.